The van der Waals surface area contributed by atoms with Crippen LogP contribution in [0.1, 0.15) is 66.4 Å². The van der Waals surface area contributed by atoms with E-state index >= 15 is 0 Å². The number of carbonyl (C=O) groups excluding carboxylic acids is 2. The monoisotopic (exact) mass is 354 g/mol. The second-order valence-corrected chi connectivity index (χ2v) is 6.92. The molecular formula is C21H26N2O3. The lowest BCUT2D eigenvalue weighted by Crippen LogP contribution is -2.37. The van der Waals surface area contributed by atoms with E-state index in [2.05, 4.69) is 17.6 Å². The normalized spacial score (nSPS) is 19.3. The van der Waals surface area contributed by atoms with Gasteiger partial charge in [0.2, 0.25) is 0 Å². The lowest BCUT2D eigenvalue weighted by atomic mass is 9.96. The van der Waals surface area contributed by atoms with Crippen LogP contribution in [0.5, 0.6) is 0 Å². The molecule has 1 aliphatic carbocycles. The lowest BCUT2D eigenvalue weighted by Gasteiger charge is -2.21. The number of nitrogens with one attached hydrogen (secondary N) is 2. The van der Waals surface area contributed by atoms with Crippen LogP contribution < -0.4 is 10.6 Å². The van der Waals surface area contributed by atoms with Crippen LogP contribution in [0.25, 0.3) is 0 Å². The van der Waals surface area contributed by atoms with Crippen LogP contribution in [-0.4, -0.2) is 17.9 Å². The highest BCUT2D eigenvalue weighted by atomic mass is 16.3. The van der Waals surface area contributed by atoms with Crippen LogP contribution in [0.15, 0.2) is 47.1 Å². The van der Waals surface area contributed by atoms with Gasteiger partial charge in [0.1, 0.15) is 0 Å². The Balaban J connectivity index is 1.56. The highest BCUT2D eigenvalue weighted by Gasteiger charge is 2.28. The number of unbranched alkanes of at least 4 members (excludes halogenated alkanes) is 1. The molecule has 0 bridgehead atoms. The van der Waals surface area contributed by atoms with Gasteiger partial charge in [-0.05, 0) is 61.6 Å². The number of anilines is 1. The molecule has 2 aromatic rings. The quantitative estimate of drug-likeness (QED) is 0.762. The Morgan fingerprint density at radius 2 is 1.92 bits per heavy atom. The lowest BCUT2D eigenvalue weighted by molar-refractivity contribution is 0.0926. The fourth-order valence-electron chi connectivity index (χ4n) is 3.60. The maximum Gasteiger partial charge on any atom is 0.291 e. The van der Waals surface area contributed by atoms with Gasteiger partial charge < -0.3 is 15.1 Å². The van der Waals surface area contributed by atoms with Gasteiger partial charge in [-0.1, -0.05) is 26.2 Å². The number of furan rings is 1. The van der Waals surface area contributed by atoms with E-state index in [1.807, 2.05) is 0 Å². The number of carbonyl (C=O) groups is 2. The molecule has 3 rings (SSSR count). The second-order valence-electron chi connectivity index (χ2n) is 6.92. The van der Waals surface area contributed by atoms with Crippen molar-refractivity contribution in [1.82, 2.24) is 5.32 Å². The zero-order valence-corrected chi connectivity index (χ0v) is 15.2. The summed E-state index contributed by atoms with van der Waals surface area (Å²) in [6.45, 7) is 2.20. The summed E-state index contributed by atoms with van der Waals surface area (Å²) in [5.41, 5.74) is 1.24. The zero-order valence-electron chi connectivity index (χ0n) is 15.2. The van der Waals surface area contributed by atoms with Crippen molar-refractivity contribution in [1.29, 1.82) is 0 Å². The van der Waals surface area contributed by atoms with Crippen LogP contribution in [0.2, 0.25) is 0 Å². The van der Waals surface area contributed by atoms with Gasteiger partial charge in [-0.3, -0.25) is 9.59 Å². The molecule has 2 unspecified atom stereocenters. The highest BCUT2D eigenvalue weighted by molar-refractivity contribution is 6.02. The first-order chi connectivity index (χ1) is 12.7. The molecular weight excluding hydrogens is 328 g/mol. The van der Waals surface area contributed by atoms with Gasteiger partial charge in [-0.15, -0.1) is 0 Å². The van der Waals surface area contributed by atoms with Gasteiger partial charge in [0.05, 0.1) is 6.26 Å². The number of benzene rings is 1. The third-order valence-corrected chi connectivity index (χ3v) is 5.05. The molecule has 26 heavy (non-hydrogen) atoms. The molecule has 2 amide bonds. The van der Waals surface area contributed by atoms with Crippen molar-refractivity contribution in [3.63, 3.8) is 0 Å². The fraction of sp³-hybridized carbons (Fsp3) is 0.429. The molecule has 5 heteroatoms. The molecule has 0 saturated heterocycles. The first-order valence-electron chi connectivity index (χ1n) is 9.43. The maximum atomic E-state index is 12.5. The fourth-order valence-corrected chi connectivity index (χ4v) is 3.60. The second kappa shape index (κ2) is 8.70. The van der Waals surface area contributed by atoms with Crippen LogP contribution in [0.3, 0.4) is 0 Å². The van der Waals surface area contributed by atoms with Crippen LogP contribution >= 0.6 is 0 Å². The minimum atomic E-state index is -0.308. The Bertz CT molecular complexity index is 722. The Labute approximate surface area is 154 Å². The maximum absolute atomic E-state index is 12.5. The molecule has 5 nitrogen and oxygen atoms in total. The zero-order chi connectivity index (χ0) is 18.4. The molecule has 1 aliphatic rings. The van der Waals surface area contributed by atoms with Crippen LogP contribution in [0.4, 0.5) is 5.69 Å². The molecule has 138 valence electrons. The minimum Gasteiger partial charge on any atom is -0.459 e. The Hall–Kier alpha value is -2.56. The summed E-state index contributed by atoms with van der Waals surface area (Å²) in [5, 5.41) is 5.94. The summed E-state index contributed by atoms with van der Waals surface area (Å²) >= 11 is 0. The number of amides is 2. The van der Waals surface area contributed by atoms with E-state index in [1.54, 1.807) is 36.4 Å². The van der Waals surface area contributed by atoms with Crippen molar-refractivity contribution in [2.75, 3.05) is 5.32 Å². The number of hydrogen-bond donors (Lipinski definition) is 2. The summed E-state index contributed by atoms with van der Waals surface area (Å²) in [6, 6.07) is 10.5. The van der Waals surface area contributed by atoms with Crippen LogP contribution in [-0.2, 0) is 0 Å². The SMILES string of the molecule is CCCCC1CCCC1NC(=O)c1ccc(NC(=O)c2ccco2)cc1. The van der Waals surface area contributed by atoms with Gasteiger partial charge in [0, 0.05) is 17.3 Å². The van der Waals surface area contributed by atoms with Gasteiger partial charge >= 0.3 is 0 Å². The van der Waals surface area contributed by atoms with E-state index in [4.69, 9.17) is 4.42 Å². The van der Waals surface area contributed by atoms with Gasteiger partial charge in [0.25, 0.3) is 11.8 Å². The number of rotatable bonds is 7. The summed E-state index contributed by atoms with van der Waals surface area (Å²) in [7, 11) is 0. The highest BCUT2D eigenvalue weighted by Crippen LogP contribution is 2.30. The topological polar surface area (TPSA) is 71.3 Å². The number of hydrogen-bond acceptors (Lipinski definition) is 3. The van der Waals surface area contributed by atoms with Crippen LogP contribution in [0, 0.1) is 5.92 Å². The first kappa shape index (κ1) is 18.2. The van der Waals surface area contributed by atoms with Gasteiger partial charge in [-0.2, -0.15) is 0 Å². The van der Waals surface area contributed by atoms with Crippen molar-refractivity contribution < 1.29 is 14.0 Å². The summed E-state index contributed by atoms with van der Waals surface area (Å²) in [6.07, 6.45) is 8.54. The summed E-state index contributed by atoms with van der Waals surface area (Å²) in [4.78, 5) is 24.5. The molecule has 1 saturated carbocycles. The minimum absolute atomic E-state index is 0.0395. The molecule has 2 atom stereocenters. The average Bonchev–Trinajstić information content (AvgIpc) is 3.32. The van der Waals surface area contributed by atoms with E-state index < -0.39 is 0 Å². The summed E-state index contributed by atoms with van der Waals surface area (Å²) in [5.74, 6) is 0.510. The standard InChI is InChI=1S/C21H26N2O3/c1-2-3-6-15-7-4-8-18(15)23-20(24)16-10-12-17(13-11-16)22-21(25)19-9-5-14-26-19/h5,9-15,18H,2-4,6-8H2,1H3,(H,22,25)(H,23,24). The third-order valence-electron chi connectivity index (χ3n) is 5.05. The molecule has 0 spiro atoms. The average molecular weight is 354 g/mol. The van der Waals surface area contributed by atoms with Crippen molar-refractivity contribution in [2.45, 2.75) is 51.5 Å². The first-order valence-corrected chi connectivity index (χ1v) is 9.43. The van der Waals surface area contributed by atoms with E-state index in [1.165, 1.54) is 38.4 Å². The molecule has 1 heterocycles. The van der Waals surface area contributed by atoms with E-state index in [-0.39, 0.29) is 23.6 Å². The van der Waals surface area contributed by atoms with Crippen molar-refractivity contribution in [2.24, 2.45) is 5.92 Å². The Kier molecular flexibility index (Phi) is 6.10. The Morgan fingerprint density at radius 3 is 2.62 bits per heavy atom. The molecule has 0 radical (unpaired) electrons. The van der Waals surface area contributed by atoms with Crippen molar-refractivity contribution >= 4 is 17.5 Å². The van der Waals surface area contributed by atoms with Crippen molar-refractivity contribution in [3.05, 3.63) is 54.0 Å². The van der Waals surface area contributed by atoms with E-state index in [0.717, 1.165) is 6.42 Å². The van der Waals surface area contributed by atoms with E-state index in [0.29, 0.717) is 17.2 Å². The van der Waals surface area contributed by atoms with Gasteiger partial charge in [0.15, 0.2) is 5.76 Å². The molecule has 1 aromatic carbocycles. The van der Waals surface area contributed by atoms with Gasteiger partial charge in [-0.25, -0.2) is 0 Å². The van der Waals surface area contributed by atoms with Crippen molar-refractivity contribution in [3.8, 4) is 0 Å². The largest absolute Gasteiger partial charge is 0.459 e. The predicted molar refractivity (Wildman–Crippen MR) is 101 cm³/mol. The van der Waals surface area contributed by atoms with E-state index in [9.17, 15) is 9.59 Å². The molecule has 0 aliphatic heterocycles. The molecule has 2 N–H and O–H groups in total. The smallest absolute Gasteiger partial charge is 0.291 e. The third kappa shape index (κ3) is 4.54. The predicted octanol–water partition coefficient (Wildman–Crippen LogP) is 4.62. The molecule has 1 fully saturated rings. The summed E-state index contributed by atoms with van der Waals surface area (Å²) < 4.78 is 5.07. The molecule has 1 aromatic heterocycles. The Morgan fingerprint density at radius 1 is 1.12 bits per heavy atom.